The molecule has 0 unspecified atom stereocenters. The Hall–Kier alpha value is -3.35. The molecule has 2 N–H and O–H groups in total. The quantitative estimate of drug-likeness (QED) is 0.488. The Labute approximate surface area is 181 Å². The van der Waals surface area contributed by atoms with Crippen LogP contribution in [0.5, 0.6) is 5.75 Å². The Kier molecular flexibility index (Phi) is 7.28. The summed E-state index contributed by atoms with van der Waals surface area (Å²) in [5, 5.41) is 12.8. The molecular weight excluding hydrogens is 394 g/mol. The number of pyridine rings is 2. The summed E-state index contributed by atoms with van der Waals surface area (Å²) < 4.78 is 7.82. The van der Waals surface area contributed by atoms with Gasteiger partial charge in [0.25, 0.3) is 5.56 Å². The minimum atomic E-state index is -1.15. The van der Waals surface area contributed by atoms with Crippen molar-refractivity contribution >= 4 is 16.9 Å². The molecule has 0 aliphatic carbocycles. The fourth-order valence-corrected chi connectivity index (χ4v) is 3.53. The van der Waals surface area contributed by atoms with Gasteiger partial charge in [-0.15, -0.1) is 0 Å². The van der Waals surface area contributed by atoms with Crippen LogP contribution in [0.15, 0.2) is 47.4 Å². The highest BCUT2D eigenvalue weighted by atomic mass is 16.5. The normalized spacial score (nSPS) is 11.1. The molecule has 164 valence electrons. The summed E-state index contributed by atoms with van der Waals surface area (Å²) in [6.45, 7) is 7.06. The first kappa shape index (κ1) is 22.3. The maximum atomic E-state index is 13.4. The van der Waals surface area contributed by atoms with Crippen LogP contribution in [0.3, 0.4) is 0 Å². The highest BCUT2D eigenvalue weighted by molar-refractivity contribution is 5.92. The lowest BCUT2D eigenvalue weighted by Crippen LogP contribution is -2.31. The molecule has 31 heavy (non-hydrogen) atoms. The number of nitrogens with one attached hydrogen (secondary N) is 1. The average molecular weight is 424 g/mol. The summed E-state index contributed by atoms with van der Waals surface area (Å²) in [7, 11) is 0. The number of hydrogen-bond acceptors (Lipinski definition) is 4. The molecule has 2 heterocycles. The van der Waals surface area contributed by atoms with Crippen molar-refractivity contribution in [2.75, 3.05) is 6.61 Å². The molecule has 0 atom stereocenters. The molecule has 0 fully saturated rings. The van der Waals surface area contributed by atoms with Crippen molar-refractivity contribution in [1.82, 2.24) is 14.9 Å². The maximum absolute atomic E-state index is 13.4. The number of benzene rings is 1. The van der Waals surface area contributed by atoms with E-state index < -0.39 is 6.09 Å². The van der Waals surface area contributed by atoms with Gasteiger partial charge in [0.1, 0.15) is 5.75 Å². The highest BCUT2D eigenvalue weighted by Gasteiger charge is 2.20. The van der Waals surface area contributed by atoms with Crippen molar-refractivity contribution in [2.24, 2.45) is 5.92 Å². The zero-order valence-corrected chi connectivity index (χ0v) is 18.2. The van der Waals surface area contributed by atoms with E-state index in [4.69, 9.17) is 4.74 Å². The number of ether oxygens (including phenoxy) is 1. The van der Waals surface area contributed by atoms with Crippen molar-refractivity contribution in [1.29, 1.82) is 0 Å². The zero-order valence-electron chi connectivity index (χ0n) is 18.2. The second-order valence-corrected chi connectivity index (χ2v) is 7.92. The molecule has 7 heteroatoms. The van der Waals surface area contributed by atoms with Crippen molar-refractivity contribution in [3.8, 4) is 17.0 Å². The molecule has 0 spiro atoms. The second kappa shape index (κ2) is 10.1. The van der Waals surface area contributed by atoms with Crippen LogP contribution in [0.2, 0.25) is 0 Å². The van der Waals surface area contributed by atoms with E-state index in [1.165, 1.54) is 0 Å². The summed E-state index contributed by atoms with van der Waals surface area (Å²) in [5.74, 6) is 0.755. The molecule has 3 rings (SSSR count). The Morgan fingerprint density at radius 2 is 2.03 bits per heavy atom. The first-order valence-corrected chi connectivity index (χ1v) is 10.6. The number of carbonyl (C=O) groups is 1. The molecule has 0 radical (unpaired) electrons. The predicted molar refractivity (Wildman–Crippen MR) is 122 cm³/mol. The molecular formula is C24H29N3O4. The van der Waals surface area contributed by atoms with Gasteiger partial charge in [0.2, 0.25) is 0 Å². The van der Waals surface area contributed by atoms with Gasteiger partial charge >= 0.3 is 6.09 Å². The first-order chi connectivity index (χ1) is 14.9. The molecule has 0 bridgehead atoms. The topological polar surface area (TPSA) is 93.5 Å². The fourth-order valence-electron chi connectivity index (χ4n) is 3.53. The largest absolute Gasteiger partial charge is 0.491 e. The SMILES string of the molecule is CCCCOc1c(CNC(=O)O)n(CC(C)C)c(=O)c2ccc(-c3ccccn3)cc12. The Morgan fingerprint density at radius 3 is 2.68 bits per heavy atom. The third kappa shape index (κ3) is 5.23. The number of hydrogen-bond donors (Lipinski definition) is 2. The molecule has 2 aromatic heterocycles. The fraction of sp³-hybridized carbons (Fsp3) is 0.375. The predicted octanol–water partition coefficient (Wildman–Crippen LogP) is 4.67. The molecule has 3 aromatic rings. The van der Waals surface area contributed by atoms with Gasteiger partial charge in [-0.2, -0.15) is 0 Å². The lowest BCUT2D eigenvalue weighted by Gasteiger charge is -2.21. The lowest BCUT2D eigenvalue weighted by molar-refractivity contribution is 0.193. The van der Waals surface area contributed by atoms with E-state index in [1.54, 1.807) is 16.8 Å². The molecule has 0 saturated carbocycles. The molecule has 1 aromatic carbocycles. The number of rotatable bonds is 9. The summed E-state index contributed by atoms with van der Waals surface area (Å²) in [5.41, 5.74) is 2.05. The third-order valence-electron chi connectivity index (χ3n) is 4.99. The molecule has 1 amide bonds. The monoisotopic (exact) mass is 423 g/mol. The standard InChI is InChI=1S/C24H29N3O4/c1-4-5-12-31-22-19-13-17(20-8-6-7-11-25-20)9-10-18(19)23(28)27(15-16(2)3)21(22)14-26-24(29)30/h6-11,13,16,26H,4-5,12,14-15H2,1-3H3,(H,29,30). The van der Waals surface area contributed by atoms with Gasteiger partial charge in [-0.1, -0.05) is 39.3 Å². The van der Waals surface area contributed by atoms with E-state index in [0.717, 1.165) is 24.1 Å². The van der Waals surface area contributed by atoms with Crippen LogP contribution in [0.25, 0.3) is 22.0 Å². The van der Waals surface area contributed by atoms with Crippen LogP contribution >= 0.6 is 0 Å². The van der Waals surface area contributed by atoms with E-state index >= 15 is 0 Å². The Morgan fingerprint density at radius 1 is 1.23 bits per heavy atom. The van der Waals surface area contributed by atoms with Crippen molar-refractivity contribution in [2.45, 2.75) is 46.7 Å². The van der Waals surface area contributed by atoms with Gasteiger partial charge in [0.15, 0.2) is 0 Å². The van der Waals surface area contributed by atoms with Crippen LogP contribution in [-0.4, -0.2) is 27.4 Å². The average Bonchev–Trinajstić information content (AvgIpc) is 2.76. The van der Waals surface area contributed by atoms with E-state index in [2.05, 4.69) is 17.2 Å². The number of amides is 1. The van der Waals surface area contributed by atoms with Crippen LogP contribution in [0.4, 0.5) is 4.79 Å². The molecule has 7 nitrogen and oxygen atoms in total. The van der Waals surface area contributed by atoms with Gasteiger partial charge in [-0.25, -0.2) is 4.79 Å². The Bertz CT molecular complexity index is 1110. The number of nitrogens with zero attached hydrogens (tertiary/aromatic N) is 2. The van der Waals surface area contributed by atoms with E-state index in [1.807, 2.05) is 44.2 Å². The molecule has 0 aliphatic heterocycles. The van der Waals surface area contributed by atoms with E-state index in [0.29, 0.717) is 35.4 Å². The van der Waals surface area contributed by atoms with Crippen molar-refractivity contribution in [3.63, 3.8) is 0 Å². The minimum Gasteiger partial charge on any atom is -0.491 e. The van der Waals surface area contributed by atoms with Crippen LogP contribution in [-0.2, 0) is 13.1 Å². The maximum Gasteiger partial charge on any atom is 0.404 e. The summed E-state index contributed by atoms with van der Waals surface area (Å²) in [4.78, 5) is 29.0. The Balaban J connectivity index is 2.27. The van der Waals surface area contributed by atoms with Crippen LogP contribution in [0.1, 0.15) is 39.3 Å². The lowest BCUT2D eigenvalue weighted by atomic mass is 10.0. The summed E-state index contributed by atoms with van der Waals surface area (Å²) in [6, 6.07) is 11.3. The highest BCUT2D eigenvalue weighted by Crippen LogP contribution is 2.32. The van der Waals surface area contributed by atoms with Gasteiger partial charge in [0, 0.05) is 23.7 Å². The van der Waals surface area contributed by atoms with Gasteiger partial charge in [0.05, 0.1) is 29.9 Å². The number of aromatic nitrogens is 2. The van der Waals surface area contributed by atoms with Crippen molar-refractivity contribution in [3.05, 3.63) is 58.6 Å². The minimum absolute atomic E-state index is 0.0114. The first-order valence-electron chi connectivity index (χ1n) is 10.6. The summed E-state index contributed by atoms with van der Waals surface area (Å²) >= 11 is 0. The number of carboxylic acid groups (broad SMARTS) is 1. The van der Waals surface area contributed by atoms with E-state index in [9.17, 15) is 14.7 Å². The zero-order chi connectivity index (χ0) is 22.4. The third-order valence-corrected chi connectivity index (χ3v) is 4.99. The van der Waals surface area contributed by atoms with Gasteiger partial charge in [-0.05, 0) is 36.6 Å². The number of fused-ring (bicyclic) bond motifs is 1. The molecule has 0 aliphatic rings. The smallest absolute Gasteiger partial charge is 0.404 e. The van der Waals surface area contributed by atoms with Crippen molar-refractivity contribution < 1.29 is 14.6 Å². The van der Waals surface area contributed by atoms with Crippen LogP contribution < -0.4 is 15.6 Å². The second-order valence-electron chi connectivity index (χ2n) is 7.92. The van der Waals surface area contributed by atoms with Gasteiger partial charge in [-0.3, -0.25) is 9.78 Å². The van der Waals surface area contributed by atoms with Gasteiger partial charge < -0.3 is 19.7 Å². The number of unbranched alkanes of at least 4 members (excludes halogenated alkanes) is 1. The van der Waals surface area contributed by atoms with Crippen LogP contribution in [0, 0.1) is 5.92 Å². The summed E-state index contributed by atoms with van der Waals surface area (Å²) in [6.07, 6.45) is 2.40. The van der Waals surface area contributed by atoms with E-state index in [-0.39, 0.29) is 18.0 Å². The molecule has 0 saturated heterocycles.